The maximum atomic E-state index is 12.4. The van der Waals surface area contributed by atoms with Crippen molar-refractivity contribution < 1.29 is 9.22 Å². The van der Waals surface area contributed by atoms with Crippen molar-refractivity contribution >= 4 is 14.1 Å². The Morgan fingerprint density at radius 3 is 2.42 bits per heavy atom. The van der Waals surface area contributed by atoms with Gasteiger partial charge in [-0.1, -0.05) is 34.1 Å². The summed E-state index contributed by atoms with van der Waals surface area (Å²) in [7, 11) is -1.76. The number of fused-ring (bicyclic) bond motifs is 1. The zero-order valence-electron chi connectivity index (χ0n) is 13.5. The van der Waals surface area contributed by atoms with Gasteiger partial charge in [0.15, 0.2) is 8.32 Å². The molecule has 0 N–H and O–H groups in total. The van der Waals surface area contributed by atoms with Gasteiger partial charge in [0.05, 0.1) is 6.10 Å². The van der Waals surface area contributed by atoms with Crippen molar-refractivity contribution in [3.05, 3.63) is 0 Å². The van der Waals surface area contributed by atoms with E-state index in [1.807, 2.05) is 0 Å². The third kappa shape index (κ3) is 2.82. The summed E-state index contributed by atoms with van der Waals surface area (Å²) in [4.78, 5) is 12.4. The minimum absolute atomic E-state index is 0.206. The van der Waals surface area contributed by atoms with Gasteiger partial charge in [-0.3, -0.25) is 4.79 Å². The Morgan fingerprint density at radius 2 is 1.84 bits per heavy atom. The van der Waals surface area contributed by atoms with Gasteiger partial charge in [0, 0.05) is 11.8 Å². The third-order valence-corrected chi connectivity index (χ3v) is 10.2. The van der Waals surface area contributed by atoms with E-state index in [4.69, 9.17) is 4.43 Å². The van der Waals surface area contributed by atoms with Crippen LogP contribution in [0, 0.1) is 17.8 Å². The van der Waals surface area contributed by atoms with Crippen molar-refractivity contribution in [2.24, 2.45) is 17.8 Å². The van der Waals surface area contributed by atoms with E-state index in [-0.39, 0.29) is 23.0 Å². The molecule has 2 aliphatic rings. The number of Topliss-reactive ketones (excluding diaryl/α,β-unsaturated/α-hetero) is 1. The molecule has 19 heavy (non-hydrogen) atoms. The van der Waals surface area contributed by atoms with Gasteiger partial charge in [-0.05, 0) is 43.3 Å². The van der Waals surface area contributed by atoms with Crippen molar-refractivity contribution in [1.29, 1.82) is 0 Å². The van der Waals surface area contributed by atoms with Crippen LogP contribution in [0.2, 0.25) is 18.1 Å². The van der Waals surface area contributed by atoms with Gasteiger partial charge < -0.3 is 4.43 Å². The van der Waals surface area contributed by atoms with Crippen LogP contribution in [-0.2, 0) is 9.22 Å². The second kappa shape index (κ2) is 4.99. The molecule has 0 aromatic rings. The monoisotopic (exact) mass is 282 g/mol. The molecule has 4 unspecified atom stereocenters. The molecule has 2 aliphatic carbocycles. The lowest BCUT2D eigenvalue weighted by molar-refractivity contribution is -0.127. The maximum Gasteiger partial charge on any atom is 0.192 e. The van der Waals surface area contributed by atoms with E-state index in [1.54, 1.807) is 0 Å². The third-order valence-electron chi connectivity index (χ3n) is 5.69. The Kier molecular flexibility index (Phi) is 4.01. The summed E-state index contributed by atoms with van der Waals surface area (Å²) in [6, 6.07) is 0. The molecule has 0 spiro atoms. The molecule has 0 saturated heterocycles. The summed E-state index contributed by atoms with van der Waals surface area (Å²) in [5.41, 5.74) is 0. The van der Waals surface area contributed by atoms with E-state index in [2.05, 4.69) is 40.8 Å². The van der Waals surface area contributed by atoms with Crippen molar-refractivity contribution in [3.8, 4) is 0 Å². The molecular weight excluding hydrogens is 252 g/mol. The molecule has 0 aromatic carbocycles. The highest BCUT2D eigenvalue weighted by molar-refractivity contribution is 6.74. The van der Waals surface area contributed by atoms with Gasteiger partial charge >= 0.3 is 0 Å². The standard InChI is InChI=1S/C16H30O2Si/c1-11-10-12-8-7-9-13(14(12)15(11)17)18-19(5,6)16(2,3)4/h11-14H,7-10H2,1-6H3. The SMILES string of the molecule is CC1CC2CCCC(O[Si](C)(C)C(C)(C)C)C2C1=O. The van der Waals surface area contributed by atoms with Crippen molar-refractivity contribution in [2.75, 3.05) is 0 Å². The lowest BCUT2D eigenvalue weighted by Gasteiger charge is -2.43. The highest BCUT2D eigenvalue weighted by Crippen LogP contribution is 2.46. The number of rotatable bonds is 2. The lowest BCUT2D eigenvalue weighted by atomic mass is 9.79. The average Bonchev–Trinajstić information content (AvgIpc) is 2.54. The molecule has 2 fully saturated rings. The first-order valence-corrected chi connectivity index (χ1v) is 10.8. The normalized spacial score (nSPS) is 36.4. The highest BCUT2D eigenvalue weighted by atomic mass is 28.4. The van der Waals surface area contributed by atoms with Crippen molar-refractivity contribution in [2.45, 2.75) is 77.6 Å². The quantitative estimate of drug-likeness (QED) is 0.702. The summed E-state index contributed by atoms with van der Waals surface area (Å²) in [6.07, 6.45) is 4.86. The van der Waals surface area contributed by atoms with E-state index in [1.165, 1.54) is 12.8 Å². The van der Waals surface area contributed by atoms with E-state index in [0.717, 1.165) is 12.8 Å². The fourth-order valence-corrected chi connectivity index (χ4v) is 4.89. The number of carbonyl (C=O) groups is 1. The highest BCUT2D eigenvalue weighted by Gasteiger charge is 2.49. The van der Waals surface area contributed by atoms with E-state index in [0.29, 0.717) is 11.7 Å². The fourth-order valence-electron chi connectivity index (χ4n) is 3.51. The average molecular weight is 282 g/mol. The molecule has 0 bridgehead atoms. The number of hydrogen-bond donors (Lipinski definition) is 0. The van der Waals surface area contributed by atoms with Crippen LogP contribution in [0.5, 0.6) is 0 Å². The van der Waals surface area contributed by atoms with Crippen LogP contribution >= 0.6 is 0 Å². The number of carbonyl (C=O) groups excluding carboxylic acids is 1. The summed E-state index contributed by atoms with van der Waals surface area (Å²) >= 11 is 0. The predicted molar refractivity (Wildman–Crippen MR) is 81.7 cm³/mol. The second-order valence-electron chi connectivity index (χ2n) is 8.17. The van der Waals surface area contributed by atoms with E-state index < -0.39 is 8.32 Å². The largest absolute Gasteiger partial charge is 0.413 e. The topological polar surface area (TPSA) is 26.3 Å². The molecule has 0 radical (unpaired) electrons. The minimum Gasteiger partial charge on any atom is -0.413 e. The van der Waals surface area contributed by atoms with Crippen LogP contribution in [-0.4, -0.2) is 20.2 Å². The van der Waals surface area contributed by atoms with Crippen LogP contribution in [0.4, 0.5) is 0 Å². The molecule has 3 heteroatoms. The Labute approximate surface area is 119 Å². The number of ketones is 1. The van der Waals surface area contributed by atoms with Gasteiger partial charge in [0.2, 0.25) is 0 Å². The summed E-state index contributed by atoms with van der Waals surface area (Å²) in [5, 5.41) is 0.229. The van der Waals surface area contributed by atoms with Crippen LogP contribution in [0.3, 0.4) is 0 Å². The first kappa shape index (κ1) is 15.2. The summed E-state index contributed by atoms with van der Waals surface area (Å²) in [6.45, 7) is 13.5. The first-order valence-electron chi connectivity index (χ1n) is 7.85. The van der Waals surface area contributed by atoms with Crippen LogP contribution in [0.15, 0.2) is 0 Å². The minimum atomic E-state index is -1.76. The summed E-state index contributed by atoms with van der Waals surface area (Å²) < 4.78 is 6.59. The zero-order chi connectivity index (χ0) is 14.4. The first-order chi connectivity index (χ1) is 8.63. The van der Waals surface area contributed by atoms with Gasteiger partial charge in [-0.25, -0.2) is 0 Å². The Hall–Kier alpha value is -0.153. The Balaban J connectivity index is 2.14. The van der Waals surface area contributed by atoms with Crippen molar-refractivity contribution in [1.82, 2.24) is 0 Å². The molecule has 2 nitrogen and oxygen atoms in total. The zero-order valence-corrected chi connectivity index (χ0v) is 14.5. The lowest BCUT2D eigenvalue weighted by Crippen LogP contribution is -2.48. The molecule has 4 atom stereocenters. The van der Waals surface area contributed by atoms with Gasteiger partial charge in [-0.2, -0.15) is 0 Å². The summed E-state index contributed by atoms with van der Waals surface area (Å²) in [5.74, 6) is 1.55. The molecular formula is C16H30O2Si. The van der Waals surface area contributed by atoms with Gasteiger partial charge in [0.25, 0.3) is 0 Å². The smallest absolute Gasteiger partial charge is 0.192 e. The molecule has 2 saturated carbocycles. The van der Waals surface area contributed by atoms with E-state index in [9.17, 15) is 4.79 Å². The predicted octanol–water partition coefficient (Wildman–Crippen LogP) is 4.40. The van der Waals surface area contributed by atoms with Crippen LogP contribution < -0.4 is 0 Å². The van der Waals surface area contributed by atoms with E-state index >= 15 is 0 Å². The van der Waals surface area contributed by atoms with Crippen LogP contribution in [0.25, 0.3) is 0 Å². The van der Waals surface area contributed by atoms with Gasteiger partial charge in [-0.15, -0.1) is 0 Å². The molecule has 0 aromatic heterocycles. The molecule has 0 heterocycles. The molecule has 0 amide bonds. The van der Waals surface area contributed by atoms with Crippen LogP contribution in [0.1, 0.15) is 53.4 Å². The Bertz CT molecular complexity index is 356. The van der Waals surface area contributed by atoms with Gasteiger partial charge in [0.1, 0.15) is 5.78 Å². The molecule has 110 valence electrons. The number of hydrogen-bond acceptors (Lipinski definition) is 2. The molecule has 0 aliphatic heterocycles. The maximum absolute atomic E-state index is 12.4. The van der Waals surface area contributed by atoms with Crippen molar-refractivity contribution in [3.63, 3.8) is 0 Å². The molecule has 2 rings (SSSR count). The second-order valence-corrected chi connectivity index (χ2v) is 12.9. The Morgan fingerprint density at radius 1 is 1.21 bits per heavy atom. The fraction of sp³-hybridized carbons (Fsp3) is 0.938.